The molecular formula is C13H14O3. The van der Waals surface area contributed by atoms with E-state index < -0.39 is 5.97 Å². The molecule has 0 N–H and O–H groups in total. The summed E-state index contributed by atoms with van der Waals surface area (Å²) in [4.78, 5) is 11.3. The third kappa shape index (κ3) is 2.24. The SMILES string of the molecule is C=C(C)C(=O)Oc1ccc2c(c1)CCCO2. The van der Waals surface area contributed by atoms with E-state index in [1.807, 2.05) is 12.1 Å². The Labute approximate surface area is 94.7 Å². The van der Waals surface area contributed by atoms with Crippen molar-refractivity contribution in [1.82, 2.24) is 0 Å². The summed E-state index contributed by atoms with van der Waals surface area (Å²) in [6.07, 6.45) is 1.97. The number of esters is 1. The molecule has 2 rings (SSSR count). The molecule has 0 bridgehead atoms. The first-order chi connectivity index (χ1) is 7.66. The van der Waals surface area contributed by atoms with Crippen molar-refractivity contribution >= 4 is 5.97 Å². The second kappa shape index (κ2) is 4.39. The molecule has 1 aliphatic heterocycles. The average molecular weight is 218 g/mol. The molecule has 16 heavy (non-hydrogen) atoms. The summed E-state index contributed by atoms with van der Waals surface area (Å²) in [6.45, 7) is 5.93. The van der Waals surface area contributed by atoms with Gasteiger partial charge < -0.3 is 9.47 Å². The van der Waals surface area contributed by atoms with Crippen molar-refractivity contribution < 1.29 is 14.3 Å². The second-order valence-electron chi connectivity index (χ2n) is 3.89. The van der Waals surface area contributed by atoms with E-state index >= 15 is 0 Å². The molecule has 3 heteroatoms. The van der Waals surface area contributed by atoms with Crippen molar-refractivity contribution in [2.45, 2.75) is 19.8 Å². The van der Waals surface area contributed by atoms with Crippen LogP contribution in [0.5, 0.6) is 11.5 Å². The summed E-state index contributed by atoms with van der Waals surface area (Å²) >= 11 is 0. The van der Waals surface area contributed by atoms with Crippen molar-refractivity contribution in [3.63, 3.8) is 0 Å². The highest BCUT2D eigenvalue weighted by Crippen LogP contribution is 2.28. The van der Waals surface area contributed by atoms with Crippen LogP contribution in [0.3, 0.4) is 0 Å². The van der Waals surface area contributed by atoms with E-state index in [-0.39, 0.29) is 0 Å². The van der Waals surface area contributed by atoms with Gasteiger partial charge in [-0.3, -0.25) is 0 Å². The minimum Gasteiger partial charge on any atom is -0.493 e. The van der Waals surface area contributed by atoms with Crippen LogP contribution in [0.4, 0.5) is 0 Å². The van der Waals surface area contributed by atoms with E-state index in [9.17, 15) is 4.79 Å². The van der Waals surface area contributed by atoms with E-state index in [4.69, 9.17) is 9.47 Å². The number of rotatable bonds is 2. The van der Waals surface area contributed by atoms with Crippen molar-refractivity contribution in [2.75, 3.05) is 6.61 Å². The first kappa shape index (κ1) is 10.7. The van der Waals surface area contributed by atoms with Gasteiger partial charge in [0.15, 0.2) is 0 Å². The summed E-state index contributed by atoms with van der Waals surface area (Å²) in [5.41, 5.74) is 1.49. The average Bonchev–Trinajstić information content (AvgIpc) is 2.28. The molecule has 1 aromatic carbocycles. The molecule has 0 atom stereocenters. The number of carbonyl (C=O) groups excluding carboxylic acids is 1. The fourth-order valence-electron chi connectivity index (χ4n) is 1.59. The number of ether oxygens (including phenoxy) is 2. The van der Waals surface area contributed by atoms with Gasteiger partial charge in [-0.1, -0.05) is 6.58 Å². The highest BCUT2D eigenvalue weighted by molar-refractivity contribution is 5.88. The van der Waals surface area contributed by atoms with E-state index in [0.717, 1.165) is 30.8 Å². The Hall–Kier alpha value is -1.77. The standard InChI is InChI=1S/C13H14O3/c1-9(2)13(14)16-11-5-6-12-10(8-11)4-3-7-15-12/h5-6,8H,1,3-4,7H2,2H3. The molecule has 1 heterocycles. The molecule has 0 saturated heterocycles. The molecule has 0 amide bonds. The van der Waals surface area contributed by atoms with Crippen molar-refractivity contribution in [1.29, 1.82) is 0 Å². The van der Waals surface area contributed by atoms with Gasteiger partial charge in [0.05, 0.1) is 6.61 Å². The molecule has 0 saturated carbocycles. The summed E-state index contributed by atoms with van der Waals surface area (Å²) in [5.74, 6) is 1.05. The summed E-state index contributed by atoms with van der Waals surface area (Å²) in [7, 11) is 0. The molecule has 1 aromatic rings. The molecule has 3 nitrogen and oxygen atoms in total. The van der Waals surface area contributed by atoms with E-state index in [1.54, 1.807) is 13.0 Å². The Morgan fingerprint density at radius 3 is 3.06 bits per heavy atom. The monoisotopic (exact) mass is 218 g/mol. The molecule has 0 spiro atoms. The first-order valence-electron chi connectivity index (χ1n) is 5.30. The molecule has 0 aromatic heterocycles. The van der Waals surface area contributed by atoms with Crippen molar-refractivity contribution in [3.05, 3.63) is 35.9 Å². The lowest BCUT2D eigenvalue weighted by atomic mass is 10.1. The number of fused-ring (bicyclic) bond motifs is 1. The maximum atomic E-state index is 11.3. The molecule has 0 radical (unpaired) electrons. The predicted molar refractivity (Wildman–Crippen MR) is 60.7 cm³/mol. The zero-order chi connectivity index (χ0) is 11.5. The summed E-state index contributed by atoms with van der Waals surface area (Å²) in [6, 6.07) is 5.44. The van der Waals surface area contributed by atoms with Gasteiger partial charge in [0.1, 0.15) is 11.5 Å². The number of aryl methyl sites for hydroxylation is 1. The number of hydrogen-bond donors (Lipinski definition) is 0. The van der Waals surface area contributed by atoms with Crippen LogP contribution in [-0.4, -0.2) is 12.6 Å². The van der Waals surface area contributed by atoms with Gasteiger partial charge in [0, 0.05) is 5.57 Å². The molecule has 0 fully saturated rings. The van der Waals surface area contributed by atoms with Gasteiger partial charge in [-0.05, 0) is 43.5 Å². The third-order valence-electron chi connectivity index (χ3n) is 2.44. The number of hydrogen-bond acceptors (Lipinski definition) is 3. The Bertz CT molecular complexity index is 435. The predicted octanol–water partition coefficient (Wildman–Crippen LogP) is 2.49. The van der Waals surface area contributed by atoms with Crippen LogP contribution in [0, 0.1) is 0 Å². The van der Waals surface area contributed by atoms with E-state index in [1.165, 1.54) is 0 Å². The number of carbonyl (C=O) groups is 1. The topological polar surface area (TPSA) is 35.5 Å². The fourth-order valence-corrected chi connectivity index (χ4v) is 1.59. The highest BCUT2D eigenvalue weighted by atomic mass is 16.5. The second-order valence-corrected chi connectivity index (χ2v) is 3.89. The van der Waals surface area contributed by atoms with Crippen molar-refractivity contribution in [2.24, 2.45) is 0 Å². The first-order valence-corrected chi connectivity index (χ1v) is 5.30. The van der Waals surface area contributed by atoms with Crippen LogP contribution in [0.25, 0.3) is 0 Å². The molecule has 0 unspecified atom stereocenters. The van der Waals surface area contributed by atoms with Crippen LogP contribution < -0.4 is 9.47 Å². The number of benzene rings is 1. The third-order valence-corrected chi connectivity index (χ3v) is 2.44. The Morgan fingerprint density at radius 1 is 1.50 bits per heavy atom. The van der Waals surface area contributed by atoms with Gasteiger partial charge in [-0.2, -0.15) is 0 Å². The van der Waals surface area contributed by atoms with Crippen LogP contribution in [0.2, 0.25) is 0 Å². The normalized spacial score (nSPS) is 13.6. The quantitative estimate of drug-likeness (QED) is 0.434. The zero-order valence-corrected chi connectivity index (χ0v) is 9.29. The van der Waals surface area contributed by atoms with Crippen LogP contribution in [0.1, 0.15) is 18.9 Å². The minimum atomic E-state index is -0.392. The largest absolute Gasteiger partial charge is 0.493 e. The lowest BCUT2D eigenvalue weighted by Gasteiger charge is -2.17. The lowest BCUT2D eigenvalue weighted by Crippen LogP contribution is -2.11. The van der Waals surface area contributed by atoms with E-state index in [2.05, 4.69) is 6.58 Å². The van der Waals surface area contributed by atoms with Gasteiger partial charge in [-0.25, -0.2) is 4.79 Å². The molecular weight excluding hydrogens is 204 g/mol. The Morgan fingerprint density at radius 2 is 2.31 bits per heavy atom. The minimum absolute atomic E-state index is 0.392. The van der Waals surface area contributed by atoms with Crippen LogP contribution >= 0.6 is 0 Å². The molecule has 0 aliphatic carbocycles. The maximum absolute atomic E-state index is 11.3. The Balaban J connectivity index is 2.17. The van der Waals surface area contributed by atoms with Crippen molar-refractivity contribution in [3.8, 4) is 11.5 Å². The fraction of sp³-hybridized carbons (Fsp3) is 0.308. The molecule has 84 valence electrons. The summed E-state index contributed by atoms with van der Waals surface area (Å²) in [5, 5.41) is 0. The molecule has 1 aliphatic rings. The van der Waals surface area contributed by atoms with Crippen LogP contribution in [-0.2, 0) is 11.2 Å². The lowest BCUT2D eigenvalue weighted by molar-refractivity contribution is -0.130. The zero-order valence-electron chi connectivity index (χ0n) is 9.29. The van der Waals surface area contributed by atoms with Gasteiger partial charge in [0.2, 0.25) is 0 Å². The van der Waals surface area contributed by atoms with Gasteiger partial charge in [0.25, 0.3) is 0 Å². The van der Waals surface area contributed by atoms with Crippen LogP contribution in [0.15, 0.2) is 30.4 Å². The maximum Gasteiger partial charge on any atom is 0.338 e. The van der Waals surface area contributed by atoms with Gasteiger partial charge in [-0.15, -0.1) is 0 Å². The Kier molecular flexibility index (Phi) is 2.95. The van der Waals surface area contributed by atoms with E-state index in [0.29, 0.717) is 11.3 Å². The summed E-state index contributed by atoms with van der Waals surface area (Å²) < 4.78 is 10.6. The smallest absolute Gasteiger partial charge is 0.338 e. The highest BCUT2D eigenvalue weighted by Gasteiger charge is 2.12. The van der Waals surface area contributed by atoms with Gasteiger partial charge >= 0.3 is 5.97 Å².